The van der Waals surface area contributed by atoms with Crippen LogP contribution in [0.5, 0.6) is 0 Å². The van der Waals surface area contributed by atoms with E-state index in [1.54, 1.807) is 6.20 Å². The van der Waals surface area contributed by atoms with Crippen LogP contribution < -0.4 is 0 Å². The minimum atomic E-state index is -0.129. The zero-order valence-electron chi connectivity index (χ0n) is 16.9. The lowest BCUT2D eigenvalue weighted by Gasteiger charge is -2.26. The second-order valence-corrected chi connectivity index (χ2v) is 8.70. The Morgan fingerprint density at radius 3 is 2.55 bits per heavy atom. The van der Waals surface area contributed by atoms with E-state index in [1.807, 2.05) is 30.0 Å². The molecule has 4 rings (SSSR count). The summed E-state index contributed by atoms with van der Waals surface area (Å²) < 4.78 is 1.31. The molecule has 2 aliphatic rings. The number of likely N-dealkylation sites (tertiary alicyclic amines) is 1. The number of halogens is 1. The van der Waals surface area contributed by atoms with Crippen LogP contribution in [0, 0.1) is 11.8 Å². The van der Waals surface area contributed by atoms with E-state index in [0.29, 0.717) is 29.9 Å². The van der Waals surface area contributed by atoms with Gasteiger partial charge in [-0.2, -0.15) is 9.78 Å². The van der Waals surface area contributed by atoms with Gasteiger partial charge in [-0.25, -0.2) is 4.79 Å². The van der Waals surface area contributed by atoms with Gasteiger partial charge in [0.2, 0.25) is 0 Å². The first-order valence-electron chi connectivity index (χ1n) is 10.3. The molecular weight excluding hydrogens is 388 g/mol. The molecule has 1 amide bonds. The van der Waals surface area contributed by atoms with Crippen LogP contribution in [0.2, 0.25) is 5.02 Å². The molecule has 1 unspecified atom stereocenters. The second-order valence-electron chi connectivity index (χ2n) is 8.29. The van der Waals surface area contributed by atoms with E-state index in [0.717, 1.165) is 43.1 Å². The highest BCUT2D eigenvalue weighted by molar-refractivity contribution is 6.31. The molecule has 1 aromatic carbocycles. The van der Waals surface area contributed by atoms with Crippen molar-refractivity contribution in [1.82, 2.24) is 19.6 Å². The van der Waals surface area contributed by atoms with Gasteiger partial charge in [0, 0.05) is 43.3 Å². The molecule has 0 N–H and O–H groups in total. The number of hydrogen-bond donors (Lipinski definition) is 0. The highest BCUT2D eigenvalue weighted by Gasteiger charge is 2.43. The van der Waals surface area contributed by atoms with Crippen molar-refractivity contribution in [2.24, 2.45) is 11.8 Å². The Hall–Kier alpha value is -2.18. The summed E-state index contributed by atoms with van der Waals surface area (Å²) in [6.07, 6.45) is 5.64. The van der Waals surface area contributed by atoms with Crippen LogP contribution in [0.3, 0.4) is 0 Å². The molecule has 154 valence electrons. The van der Waals surface area contributed by atoms with Crippen molar-refractivity contribution >= 4 is 23.4 Å². The minimum absolute atomic E-state index is 0.00624. The van der Waals surface area contributed by atoms with Gasteiger partial charge in [0.15, 0.2) is 5.78 Å². The zero-order valence-corrected chi connectivity index (χ0v) is 17.7. The SMILES string of the molecule is CCC(=O)c1cnn(C(=O)N2C[C@H]3CC(N(C)Cc4ccccc4Cl)C[C@H]3C2)c1. The Morgan fingerprint density at radius 1 is 1.21 bits per heavy atom. The largest absolute Gasteiger partial charge is 0.344 e. The fraction of sp³-hybridized carbons (Fsp3) is 0.500. The van der Waals surface area contributed by atoms with Gasteiger partial charge < -0.3 is 4.90 Å². The van der Waals surface area contributed by atoms with Crippen LogP contribution in [0.1, 0.15) is 42.1 Å². The maximum absolute atomic E-state index is 12.8. The average Bonchev–Trinajstić information content (AvgIpc) is 3.43. The van der Waals surface area contributed by atoms with Crippen molar-refractivity contribution < 1.29 is 9.59 Å². The molecule has 0 spiro atoms. The lowest BCUT2D eigenvalue weighted by molar-refractivity contribution is 0.0988. The van der Waals surface area contributed by atoms with Crippen molar-refractivity contribution in [3.63, 3.8) is 0 Å². The second kappa shape index (κ2) is 8.28. The molecule has 1 aliphatic carbocycles. The van der Waals surface area contributed by atoms with Gasteiger partial charge in [0.05, 0.1) is 11.8 Å². The Kier molecular flexibility index (Phi) is 5.74. The third-order valence-electron chi connectivity index (χ3n) is 6.42. The van der Waals surface area contributed by atoms with Gasteiger partial charge in [0.25, 0.3) is 0 Å². The van der Waals surface area contributed by atoms with Crippen LogP contribution in [0.25, 0.3) is 0 Å². The van der Waals surface area contributed by atoms with Crippen LogP contribution >= 0.6 is 11.6 Å². The third kappa shape index (κ3) is 4.09. The number of ketones is 1. The molecule has 3 atom stereocenters. The molecule has 1 saturated heterocycles. The predicted molar refractivity (Wildman–Crippen MR) is 112 cm³/mol. The van der Waals surface area contributed by atoms with E-state index >= 15 is 0 Å². The molecule has 2 heterocycles. The fourth-order valence-corrected chi connectivity index (χ4v) is 4.92. The molecule has 1 saturated carbocycles. The summed E-state index contributed by atoms with van der Waals surface area (Å²) >= 11 is 6.31. The highest BCUT2D eigenvalue weighted by Crippen LogP contribution is 2.40. The molecule has 7 heteroatoms. The van der Waals surface area contributed by atoms with Crippen molar-refractivity contribution in [3.05, 3.63) is 52.8 Å². The summed E-state index contributed by atoms with van der Waals surface area (Å²) in [6.45, 7) is 4.17. The van der Waals surface area contributed by atoms with Gasteiger partial charge in [-0.3, -0.25) is 9.69 Å². The molecule has 1 aliphatic heterocycles. The van der Waals surface area contributed by atoms with Crippen LogP contribution in [0.15, 0.2) is 36.7 Å². The average molecular weight is 415 g/mol. The molecule has 0 radical (unpaired) electrons. The third-order valence-corrected chi connectivity index (χ3v) is 6.79. The molecule has 29 heavy (non-hydrogen) atoms. The Balaban J connectivity index is 1.34. The topological polar surface area (TPSA) is 58.4 Å². The monoisotopic (exact) mass is 414 g/mol. The number of carbonyl (C=O) groups is 2. The maximum Gasteiger partial charge on any atom is 0.344 e. The van der Waals surface area contributed by atoms with Crippen molar-refractivity contribution in [3.8, 4) is 0 Å². The number of Topliss-reactive ketones (excluding diaryl/α,β-unsaturated/α-hetero) is 1. The number of benzene rings is 1. The number of rotatable bonds is 5. The van der Waals surface area contributed by atoms with Crippen molar-refractivity contribution in [2.45, 2.75) is 38.8 Å². The van der Waals surface area contributed by atoms with Gasteiger partial charge >= 0.3 is 6.03 Å². The number of carbonyl (C=O) groups excluding carboxylic acids is 2. The standard InChI is InChI=1S/C22H27ClN4O2/c1-3-21(28)18-10-24-27(14-18)22(29)26-12-16-8-19(9-17(16)13-26)25(2)11-15-6-4-5-7-20(15)23/h4-7,10,14,16-17,19H,3,8-9,11-13H2,1-2H3/t16-,17+,19?. The molecule has 2 fully saturated rings. The molecular formula is C22H27ClN4O2. The minimum Gasteiger partial charge on any atom is -0.322 e. The quantitative estimate of drug-likeness (QED) is 0.695. The summed E-state index contributed by atoms with van der Waals surface area (Å²) in [4.78, 5) is 28.8. The first-order chi connectivity index (χ1) is 14.0. The smallest absolute Gasteiger partial charge is 0.322 e. The molecule has 6 nitrogen and oxygen atoms in total. The lowest BCUT2D eigenvalue weighted by atomic mass is 10.0. The summed E-state index contributed by atoms with van der Waals surface area (Å²) in [5.74, 6) is 1.04. The first kappa shape index (κ1) is 20.1. The first-order valence-corrected chi connectivity index (χ1v) is 10.6. The van der Waals surface area contributed by atoms with Crippen molar-refractivity contribution in [1.29, 1.82) is 0 Å². The maximum atomic E-state index is 12.8. The number of hydrogen-bond acceptors (Lipinski definition) is 4. The Morgan fingerprint density at radius 2 is 1.90 bits per heavy atom. The van der Waals surface area contributed by atoms with Crippen LogP contribution in [0.4, 0.5) is 4.79 Å². The summed E-state index contributed by atoms with van der Waals surface area (Å²) in [6, 6.07) is 8.38. The molecule has 2 aromatic rings. The summed E-state index contributed by atoms with van der Waals surface area (Å²) in [7, 11) is 2.16. The normalized spacial score (nSPS) is 23.6. The summed E-state index contributed by atoms with van der Waals surface area (Å²) in [5, 5.41) is 4.92. The number of nitrogens with zero attached hydrogens (tertiary/aromatic N) is 4. The Labute approximate surface area is 176 Å². The van der Waals surface area contributed by atoms with Gasteiger partial charge in [-0.15, -0.1) is 0 Å². The molecule has 1 aromatic heterocycles. The summed E-state index contributed by atoms with van der Waals surface area (Å²) in [5.41, 5.74) is 1.66. The van der Waals surface area contributed by atoms with E-state index in [2.05, 4.69) is 23.1 Å². The number of fused-ring (bicyclic) bond motifs is 1. The lowest BCUT2D eigenvalue weighted by Crippen LogP contribution is -2.36. The van der Waals surface area contributed by atoms with Gasteiger partial charge in [0.1, 0.15) is 0 Å². The van der Waals surface area contributed by atoms with Gasteiger partial charge in [-0.05, 0) is 43.4 Å². The van der Waals surface area contributed by atoms with Crippen LogP contribution in [-0.4, -0.2) is 57.6 Å². The van der Waals surface area contributed by atoms with E-state index < -0.39 is 0 Å². The van der Waals surface area contributed by atoms with E-state index in [1.165, 1.54) is 10.9 Å². The number of amides is 1. The Bertz CT molecular complexity index is 898. The zero-order chi connectivity index (χ0) is 20.5. The fourth-order valence-electron chi connectivity index (χ4n) is 4.73. The van der Waals surface area contributed by atoms with E-state index in [9.17, 15) is 9.59 Å². The van der Waals surface area contributed by atoms with Crippen molar-refractivity contribution in [2.75, 3.05) is 20.1 Å². The van der Waals surface area contributed by atoms with Gasteiger partial charge in [-0.1, -0.05) is 36.7 Å². The van der Waals surface area contributed by atoms with E-state index in [-0.39, 0.29) is 11.8 Å². The highest BCUT2D eigenvalue weighted by atomic mass is 35.5. The molecule has 0 bridgehead atoms. The van der Waals surface area contributed by atoms with E-state index in [4.69, 9.17) is 11.6 Å². The predicted octanol–water partition coefficient (Wildman–Crippen LogP) is 3.94. The van der Waals surface area contributed by atoms with Crippen LogP contribution in [-0.2, 0) is 6.54 Å². The number of aromatic nitrogens is 2.